The zero-order valence-corrected chi connectivity index (χ0v) is 17.5. The van der Waals surface area contributed by atoms with E-state index in [1.54, 1.807) is 37.4 Å². The number of carbonyl (C=O) groups excluding carboxylic acids is 1. The number of hydrogen-bond acceptors (Lipinski definition) is 5. The smallest absolute Gasteiger partial charge is 0.262 e. The quantitative estimate of drug-likeness (QED) is 0.429. The van der Waals surface area contributed by atoms with Crippen molar-refractivity contribution < 1.29 is 14.3 Å². The van der Waals surface area contributed by atoms with Gasteiger partial charge in [0.25, 0.3) is 5.91 Å². The number of rotatable bonds is 8. The van der Waals surface area contributed by atoms with Gasteiger partial charge in [-0.3, -0.25) is 4.79 Å². The Morgan fingerprint density at radius 3 is 2.31 bits per heavy atom. The maximum Gasteiger partial charge on any atom is 0.262 e. The van der Waals surface area contributed by atoms with Crippen molar-refractivity contribution >= 4 is 12.0 Å². The summed E-state index contributed by atoms with van der Waals surface area (Å²) in [6.07, 6.45) is 1.53. The third kappa shape index (κ3) is 5.98. The van der Waals surface area contributed by atoms with Gasteiger partial charge < -0.3 is 14.8 Å². The highest BCUT2D eigenvalue weighted by molar-refractivity contribution is 6.01. The lowest BCUT2D eigenvalue weighted by Gasteiger charge is -2.08. The third-order valence-corrected chi connectivity index (χ3v) is 4.70. The molecule has 0 aliphatic heterocycles. The summed E-state index contributed by atoms with van der Waals surface area (Å²) in [6, 6.07) is 25.7. The number of nitrogens with zero attached hydrogens (tertiary/aromatic N) is 2. The second kappa shape index (κ2) is 11.0. The van der Waals surface area contributed by atoms with E-state index >= 15 is 0 Å². The summed E-state index contributed by atoms with van der Waals surface area (Å²) in [5.41, 5.74) is 2.99. The molecule has 32 heavy (non-hydrogen) atoms. The Morgan fingerprint density at radius 1 is 0.969 bits per heavy atom. The standard InChI is InChI=1S/C26H21N3O3/c1-31-24-10-8-20(9-11-24)17-29-26(30)23(16-28)14-19-6-12-25(13-7-19)32-18-22-5-3-2-4-21(22)15-27/h2-14H,17-18H2,1H3,(H,29,30)/b23-14-. The van der Waals surface area contributed by atoms with Crippen LogP contribution < -0.4 is 14.8 Å². The second-order valence-electron chi connectivity index (χ2n) is 6.83. The van der Waals surface area contributed by atoms with Crippen molar-refractivity contribution in [2.75, 3.05) is 7.11 Å². The predicted molar refractivity (Wildman–Crippen MR) is 120 cm³/mol. The molecular weight excluding hydrogens is 402 g/mol. The van der Waals surface area contributed by atoms with Gasteiger partial charge in [-0.25, -0.2) is 0 Å². The molecule has 6 nitrogen and oxygen atoms in total. The van der Waals surface area contributed by atoms with Crippen LogP contribution in [0.5, 0.6) is 11.5 Å². The number of nitriles is 2. The van der Waals surface area contributed by atoms with Crippen molar-refractivity contribution in [3.8, 4) is 23.6 Å². The second-order valence-corrected chi connectivity index (χ2v) is 6.83. The van der Waals surface area contributed by atoms with Gasteiger partial charge in [0.1, 0.15) is 29.7 Å². The molecule has 0 aliphatic rings. The maximum absolute atomic E-state index is 12.4. The normalized spacial score (nSPS) is 10.5. The van der Waals surface area contributed by atoms with Crippen molar-refractivity contribution in [2.45, 2.75) is 13.2 Å². The Balaban J connectivity index is 1.59. The summed E-state index contributed by atoms with van der Waals surface area (Å²) in [4.78, 5) is 12.4. The van der Waals surface area contributed by atoms with Crippen LogP contribution in [0.3, 0.4) is 0 Å². The fourth-order valence-corrected chi connectivity index (χ4v) is 2.91. The first-order valence-electron chi connectivity index (χ1n) is 9.86. The molecule has 0 fully saturated rings. The minimum absolute atomic E-state index is 0.00938. The fourth-order valence-electron chi connectivity index (χ4n) is 2.91. The topological polar surface area (TPSA) is 95.1 Å². The first-order valence-corrected chi connectivity index (χ1v) is 9.86. The average Bonchev–Trinajstić information content (AvgIpc) is 2.85. The van der Waals surface area contributed by atoms with E-state index in [1.807, 2.05) is 48.5 Å². The summed E-state index contributed by atoms with van der Waals surface area (Å²) in [7, 11) is 1.59. The number of nitrogens with one attached hydrogen (secondary N) is 1. The molecule has 0 saturated carbocycles. The van der Waals surface area contributed by atoms with Gasteiger partial charge in [0.05, 0.1) is 18.7 Å². The number of methoxy groups -OCH3 is 1. The number of carbonyl (C=O) groups is 1. The number of ether oxygens (including phenoxy) is 2. The SMILES string of the molecule is COc1ccc(CNC(=O)/C(C#N)=C\c2ccc(OCc3ccccc3C#N)cc2)cc1. The zero-order valence-electron chi connectivity index (χ0n) is 17.5. The van der Waals surface area contributed by atoms with Crippen LogP contribution in [0.1, 0.15) is 22.3 Å². The number of amides is 1. The Labute approximate surface area is 186 Å². The van der Waals surface area contributed by atoms with Gasteiger partial charge in [-0.05, 0) is 47.5 Å². The van der Waals surface area contributed by atoms with Crippen LogP contribution in [-0.2, 0) is 17.9 Å². The molecule has 0 radical (unpaired) electrons. The molecule has 3 aromatic carbocycles. The lowest BCUT2D eigenvalue weighted by Crippen LogP contribution is -2.23. The molecule has 0 spiro atoms. The van der Waals surface area contributed by atoms with Crippen LogP contribution in [0.25, 0.3) is 6.08 Å². The van der Waals surface area contributed by atoms with Crippen LogP contribution >= 0.6 is 0 Å². The van der Waals surface area contributed by atoms with Gasteiger partial charge in [-0.1, -0.05) is 42.5 Å². The van der Waals surface area contributed by atoms with E-state index < -0.39 is 5.91 Å². The molecular formula is C26H21N3O3. The lowest BCUT2D eigenvalue weighted by molar-refractivity contribution is -0.117. The van der Waals surface area contributed by atoms with Crippen molar-refractivity contribution in [2.24, 2.45) is 0 Å². The molecule has 0 heterocycles. The third-order valence-electron chi connectivity index (χ3n) is 4.70. The Hall–Kier alpha value is -4.55. The van der Waals surface area contributed by atoms with Crippen LogP contribution in [0.4, 0.5) is 0 Å². The molecule has 0 bridgehead atoms. The van der Waals surface area contributed by atoms with E-state index in [2.05, 4.69) is 11.4 Å². The van der Waals surface area contributed by atoms with Gasteiger partial charge >= 0.3 is 0 Å². The first-order chi connectivity index (χ1) is 15.6. The van der Waals surface area contributed by atoms with Crippen LogP contribution in [0, 0.1) is 22.7 Å². The van der Waals surface area contributed by atoms with Crippen molar-refractivity contribution in [3.63, 3.8) is 0 Å². The van der Waals surface area contributed by atoms with Crippen molar-refractivity contribution in [1.29, 1.82) is 10.5 Å². The van der Waals surface area contributed by atoms with E-state index in [0.29, 0.717) is 23.4 Å². The van der Waals surface area contributed by atoms with E-state index in [4.69, 9.17) is 14.7 Å². The average molecular weight is 423 g/mol. The lowest BCUT2D eigenvalue weighted by atomic mass is 10.1. The summed E-state index contributed by atoms with van der Waals surface area (Å²) < 4.78 is 10.9. The highest BCUT2D eigenvalue weighted by atomic mass is 16.5. The Bertz CT molecular complexity index is 1180. The molecule has 1 amide bonds. The molecule has 3 rings (SSSR count). The summed E-state index contributed by atoms with van der Waals surface area (Å²) in [5, 5.41) is 21.3. The summed E-state index contributed by atoms with van der Waals surface area (Å²) in [5.74, 6) is 0.911. The number of benzene rings is 3. The minimum atomic E-state index is -0.447. The summed E-state index contributed by atoms with van der Waals surface area (Å²) in [6.45, 7) is 0.578. The van der Waals surface area contributed by atoms with Gasteiger partial charge in [-0.15, -0.1) is 0 Å². The van der Waals surface area contributed by atoms with Crippen LogP contribution in [0.2, 0.25) is 0 Å². The zero-order chi connectivity index (χ0) is 22.8. The largest absolute Gasteiger partial charge is 0.497 e. The van der Waals surface area contributed by atoms with Gasteiger partial charge in [0.15, 0.2) is 0 Å². The Morgan fingerprint density at radius 2 is 1.66 bits per heavy atom. The molecule has 0 saturated heterocycles. The van der Waals surface area contributed by atoms with Crippen molar-refractivity contribution in [1.82, 2.24) is 5.32 Å². The molecule has 0 unspecified atom stereocenters. The molecule has 3 aromatic rings. The van der Waals surface area contributed by atoms with Gasteiger partial charge in [0, 0.05) is 12.1 Å². The summed E-state index contributed by atoms with van der Waals surface area (Å²) >= 11 is 0. The van der Waals surface area contributed by atoms with Crippen LogP contribution in [-0.4, -0.2) is 13.0 Å². The van der Waals surface area contributed by atoms with E-state index in [-0.39, 0.29) is 12.2 Å². The highest BCUT2D eigenvalue weighted by Crippen LogP contribution is 2.18. The number of hydrogen-bond donors (Lipinski definition) is 1. The van der Waals surface area contributed by atoms with Gasteiger partial charge in [0.2, 0.25) is 0 Å². The van der Waals surface area contributed by atoms with Gasteiger partial charge in [-0.2, -0.15) is 10.5 Å². The molecule has 0 aromatic heterocycles. The Kier molecular flexibility index (Phi) is 7.62. The molecule has 0 aliphatic carbocycles. The fraction of sp³-hybridized carbons (Fsp3) is 0.115. The van der Waals surface area contributed by atoms with Crippen molar-refractivity contribution in [3.05, 3.63) is 101 Å². The van der Waals surface area contributed by atoms with E-state index in [1.165, 1.54) is 6.08 Å². The van der Waals surface area contributed by atoms with Crippen LogP contribution in [0.15, 0.2) is 78.4 Å². The highest BCUT2D eigenvalue weighted by Gasteiger charge is 2.09. The molecule has 6 heteroatoms. The predicted octanol–water partition coefficient (Wildman–Crippen LogP) is 4.37. The molecule has 158 valence electrons. The molecule has 1 N–H and O–H groups in total. The maximum atomic E-state index is 12.4. The minimum Gasteiger partial charge on any atom is -0.497 e. The first kappa shape index (κ1) is 22.1. The van der Waals surface area contributed by atoms with E-state index in [0.717, 1.165) is 16.9 Å². The molecule has 0 atom stereocenters. The monoisotopic (exact) mass is 423 g/mol. The van der Waals surface area contributed by atoms with E-state index in [9.17, 15) is 10.1 Å².